The zero-order chi connectivity index (χ0) is 13.1. The SMILES string of the molecule is O=C(NCc1cc[nH]c1)c1csc(-c2ccco2)n1. The maximum atomic E-state index is 11.9. The van der Waals surface area contributed by atoms with Crippen LogP contribution in [0.15, 0.2) is 46.7 Å². The number of nitrogens with zero attached hydrogens (tertiary/aromatic N) is 1. The Hall–Kier alpha value is -2.34. The van der Waals surface area contributed by atoms with Gasteiger partial charge in [0.2, 0.25) is 0 Å². The molecule has 0 radical (unpaired) electrons. The van der Waals surface area contributed by atoms with Gasteiger partial charge in [-0.1, -0.05) is 0 Å². The van der Waals surface area contributed by atoms with Crippen LogP contribution in [-0.2, 0) is 6.54 Å². The van der Waals surface area contributed by atoms with Gasteiger partial charge in [-0.15, -0.1) is 11.3 Å². The van der Waals surface area contributed by atoms with E-state index >= 15 is 0 Å². The first-order chi connectivity index (χ1) is 9.33. The van der Waals surface area contributed by atoms with Crippen LogP contribution in [0.25, 0.3) is 10.8 Å². The summed E-state index contributed by atoms with van der Waals surface area (Å²) in [7, 11) is 0. The summed E-state index contributed by atoms with van der Waals surface area (Å²) in [4.78, 5) is 19.1. The average Bonchev–Trinajstić information content (AvgIpc) is 3.14. The van der Waals surface area contributed by atoms with E-state index in [4.69, 9.17) is 4.42 Å². The van der Waals surface area contributed by atoms with Crippen molar-refractivity contribution in [2.45, 2.75) is 6.54 Å². The molecule has 3 aromatic heterocycles. The smallest absolute Gasteiger partial charge is 0.271 e. The minimum atomic E-state index is -0.185. The third-order valence-electron chi connectivity index (χ3n) is 2.58. The first kappa shape index (κ1) is 11.7. The van der Waals surface area contributed by atoms with Crippen molar-refractivity contribution in [2.24, 2.45) is 0 Å². The quantitative estimate of drug-likeness (QED) is 0.767. The van der Waals surface area contributed by atoms with Gasteiger partial charge in [-0.2, -0.15) is 0 Å². The number of nitrogens with one attached hydrogen (secondary N) is 2. The fourth-order valence-electron chi connectivity index (χ4n) is 1.63. The van der Waals surface area contributed by atoms with E-state index < -0.39 is 0 Å². The maximum absolute atomic E-state index is 11.9. The molecule has 0 fully saturated rings. The molecule has 2 N–H and O–H groups in total. The number of furan rings is 1. The highest BCUT2D eigenvalue weighted by atomic mass is 32.1. The summed E-state index contributed by atoms with van der Waals surface area (Å²) in [5.74, 6) is 0.491. The van der Waals surface area contributed by atoms with Crippen LogP contribution in [0.4, 0.5) is 0 Å². The third-order valence-corrected chi connectivity index (χ3v) is 3.44. The number of hydrogen-bond donors (Lipinski definition) is 2. The average molecular weight is 273 g/mol. The molecular weight excluding hydrogens is 262 g/mol. The fourth-order valence-corrected chi connectivity index (χ4v) is 2.40. The topological polar surface area (TPSA) is 70.9 Å². The number of H-pyrrole nitrogens is 1. The lowest BCUT2D eigenvalue weighted by Crippen LogP contribution is -2.22. The lowest BCUT2D eigenvalue weighted by atomic mass is 10.3. The fraction of sp³-hybridized carbons (Fsp3) is 0.0769. The Kier molecular flexibility index (Phi) is 3.16. The number of amides is 1. The molecule has 3 heterocycles. The van der Waals surface area contributed by atoms with Crippen LogP contribution in [-0.4, -0.2) is 15.9 Å². The highest BCUT2D eigenvalue weighted by Crippen LogP contribution is 2.23. The van der Waals surface area contributed by atoms with Gasteiger partial charge in [-0.05, 0) is 23.8 Å². The van der Waals surface area contributed by atoms with Crippen molar-refractivity contribution in [1.29, 1.82) is 0 Å². The lowest BCUT2D eigenvalue weighted by molar-refractivity contribution is 0.0946. The van der Waals surface area contributed by atoms with Gasteiger partial charge in [-0.25, -0.2) is 4.98 Å². The van der Waals surface area contributed by atoms with Crippen LogP contribution >= 0.6 is 11.3 Å². The van der Waals surface area contributed by atoms with E-state index in [1.165, 1.54) is 11.3 Å². The summed E-state index contributed by atoms with van der Waals surface area (Å²) < 4.78 is 5.24. The standard InChI is InChI=1S/C13H11N3O2S/c17-12(15-7-9-3-4-14-6-9)10-8-19-13(16-10)11-2-1-5-18-11/h1-6,8,14H,7H2,(H,15,17). The van der Waals surface area contributed by atoms with E-state index in [1.807, 2.05) is 24.5 Å². The van der Waals surface area contributed by atoms with Crippen molar-refractivity contribution >= 4 is 17.2 Å². The zero-order valence-corrected chi connectivity index (χ0v) is 10.7. The number of rotatable bonds is 4. The van der Waals surface area contributed by atoms with E-state index in [2.05, 4.69) is 15.3 Å². The molecular formula is C13H11N3O2S. The largest absolute Gasteiger partial charge is 0.462 e. The van der Waals surface area contributed by atoms with Gasteiger partial charge in [0.15, 0.2) is 10.8 Å². The summed E-state index contributed by atoms with van der Waals surface area (Å²) >= 11 is 1.39. The van der Waals surface area contributed by atoms with Crippen LogP contribution in [0, 0.1) is 0 Å². The highest BCUT2D eigenvalue weighted by molar-refractivity contribution is 7.13. The van der Waals surface area contributed by atoms with Crippen molar-refractivity contribution in [3.63, 3.8) is 0 Å². The summed E-state index contributed by atoms with van der Waals surface area (Å²) in [5, 5.41) is 5.25. The number of aromatic amines is 1. The molecule has 0 spiro atoms. The second-order valence-electron chi connectivity index (χ2n) is 3.92. The number of aromatic nitrogens is 2. The van der Waals surface area contributed by atoms with Crippen molar-refractivity contribution in [2.75, 3.05) is 0 Å². The summed E-state index contributed by atoms with van der Waals surface area (Å²) in [6.07, 6.45) is 5.25. The van der Waals surface area contributed by atoms with Crippen molar-refractivity contribution in [3.05, 3.63) is 53.5 Å². The normalized spacial score (nSPS) is 10.5. The molecule has 0 aromatic carbocycles. The summed E-state index contributed by atoms with van der Waals surface area (Å²) in [6.45, 7) is 0.482. The van der Waals surface area contributed by atoms with E-state index in [-0.39, 0.29) is 5.91 Å². The highest BCUT2D eigenvalue weighted by Gasteiger charge is 2.12. The predicted octanol–water partition coefficient (Wildman–Crippen LogP) is 2.66. The molecule has 0 unspecified atom stereocenters. The minimum Gasteiger partial charge on any atom is -0.462 e. The zero-order valence-electron chi connectivity index (χ0n) is 9.92. The molecule has 0 bridgehead atoms. The van der Waals surface area contributed by atoms with Crippen molar-refractivity contribution < 1.29 is 9.21 Å². The first-order valence-corrected chi connectivity index (χ1v) is 6.60. The molecule has 0 saturated carbocycles. The Morgan fingerprint density at radius 3 is 3.16 bits per heavy atom. The van der Waals surface area contributed by atoms with Gasteiger partial charge in [-0.3, -0.25) is 4.79 Å². The molecule has 0 aliphatic carbocycles. The Balaban J connectivity index is 1.67. The monoisotopic (exact) mass is 273 g/mol. The second-order valence-corrected chi connectivity index (χ2v) is 4.78. The summed E-state index contributed by atoms with van der Waals surface area (Å²) in [6, 6.07) is 5.53. The number of thiazole rings is 1. The Morgan fingerprint density at radius 2 is 2.42 bits per heavy atom. The third kappa shape index (κ3) is 2.58. The van der Waals surface area contributed by atoms with Crippen molar-refractivity contribution in [1.82, 2.24) is 15.3 Å². The van der Waals surface area contributed by atoms with Crippen LogP contribution in [0.1, 0.15) is 16.1 Å². The van der Waals surface area contributed by atoms with Crippen LogP contribution in [0.2, 0.25) is 0 Å². The van der Waals surface area contributed by atoms with E-state index in [0.29, 0.717) is 23.0 Å². The number of hydrogen-bond acceptors (Lipinski definition) is 4. The minimum absolute atomic E-state index is 0.185. The molecule has 0 aliphatic heterocycles. The molecule has 3 rings (SSSR count). The molecule has 19 heavy (non-hydrogen) atoms. The molecule has 1 amide bonds. The molecule has 96 valence electrons. The van der Waals surface area contributed by atoms with Crippen LogP contribution < -0.4 is 5.32 Å². The van der Waals surface area contributed by atoms with Crippen molar-refractivity contribution in [3.8, 4) is 10.8 Å². The Morgan fingerprint density at radius 1 is 1.47 bits per heavy atom. The molecule has 0 aliphatic rings. The van der Waals surface area contributed by atoms with Gasteiger partial charge in [0.1, 0.15) is 5.69 Å². The van der Waals surface area contributed by atoms with Gasteiger partial charge >= 0.3 is 0 Å². The lowest BCUT2D eigenvalue weighted by Gasteiger charge is -2.00. The van der Waals surface area contributed by atoms with Gasteiger partial charge in [0.25, 0.3) is 5.91 Å². The molecule has 5 nitrogen and oxygen atoms in total. The molecule has 0 saturated heterocycles. The Labute approximate surface area is 113 Å². The maximum Gasteiger partial charge on any atom is 0.271 e. The van der Waals surface area contributed by atoms with Gasteiger partial charge in [0, 0.05) is 24.3 Å². The Bertz CT molecular complexity index is 656. The number of carbonyl (C=O) groups is 1. The van der Waals surface area contributed by atoms with Crippen LogP contribution in [0.3, 0.4) is 0 Å². The van der Waals surface area contributed by atoms with Crippen LogP contribution in [0.5, 0.6) is 0 Å². The van der Waals surface area contributed by atoms with Gasteiger partial charge < -0.3 is 14.7 Å². The molecule has 0 atom stereocenters. The van der Waals surface area contributed by atoms with E-state index in [0.717, 1.165) is 5.56 Å². The second kappa shape index (κ2) is 5.11. The number of carbonyl (C=O) groups excluding carboxylic acids is 1. The molecule has 6 heteroatoms. The predicted molar refractivity (Wildman–Crippen MR) is 71.8 cm³/mol. The summed E-state index contributed by atoms with van der Waals surface area (Å²) in [5.41, 5.74) is 1.43. The van der Waals surface area contributed by atoms with E-state index in [9.17, 15) is 4.79 Å². The molecule has 3 aromatic rings. The van der Waals surface area contributed by atoms with E-state index in [1.54, 1.807) is 17.7 Å². The van der Waals surface area contributed by atoms with Gasteiger partial charge in [0.05, 0.1) is 6.26 Å². The first-order valence-electron chi connectivity index (χ1n) is 5.72.